The zero-order valence-electron chi connectivity index (χ0n) is 16.6. The van der Waals surface area contributed by atoms with E-state index in [4.69, 9.17) is 4.65 Å². The van der Waals surface area contributed by atoms with Crippen LogP contribution in [0.2, 0.25) is 6.32 Å². The van der Waals surface area contributed by atoms with Crippen molar-refractivity contribution < 1.29 is 19.3 Å². The molecule has 2 fully saturated rings. The third kappa shape index (κ3) is 3.33. The highest BCUT2D eigenvalue weighted by Gasteiger charge is 2.56. The normalized spacial score (nSPS) is 30.0. The van der Waals surface area contributed by atoms with Crippen LogP contribution in [0, 0.1) is 17.8 Å². The van der Waals surface area contributed by atoms with Crippen molar-refractivity contribution in [1.82, 2.24) is 4.90 Å². The zero-order chi connectivity index (χ0) is 19.8. The third-order valence-electron chi connectivity index (χ3n) is 6.55. The Hall–Kier alpha value is -1.92. The summed E-state index contributed by atoms with van der Waals surface area (Å²) < 4.78 is 5.85. The molecule has 0 unspecified atom stereocenters. The molecule has 2 heterocycles. The van der Waals surface area contributed by atoms with Gasteiger partial charge >= 0.3 is 7.12 Å². The number of imide groups is 1. The molecule has 0 bridgehead atoms. The van der Waals surface area contributed by atoms with Crippen molar-refractivity contribution in [3.8, 4) is 0 Å². The van der Waals surface area contributed by atoms with Crippen molar-refractivity contribution >= 4 is 18.9 Å². The molecule has 3 aliphatic rings. The van der Waals surface area contributed by atoms with Gasteiger partial charge in [0.25, 0.3) is 0 Å². The van der Waals surface area contributed by atoms with Crippen molar-refractivity contribution in [2.24, 2.45) is 17.8 Å². The highest BCUT2D eigenvalue weighted by molar-refractivity contribution is 6.43. The van der Waals surface area contributed by atoms with Gasteiger partial charge in [-0.15, -0.1) is 0 Å². The summed E-state index contributed by atoms with van der Waals surface area (Å²) in [6.45, 7) is 4.52. The molecular formula is C22H28BNO4. The molecule has 1 N–H and O–H groups in total. The standard InChI is InChI=1S/C22H28BNO4/c1-3-4-10-18-19-14(2)11-16-20(17(19)12-23(27)28-18)22(26)24(21(16)25)13-15-8-6-5-7-9-15/h5-9,16-18,20,27H,3-4,10-13H2,1-2H3/t16-,17+,18-,20-/m1/s1. The number of nitrogens with zero attached hydrogens (tertiary/aromatic N) is 1. The van der Waals surface area contributed by atoms with E-state index in [0.29, 0.717) is 19.3 Å². The topological polar surface area (TPSA) is 66.8 Å². The molecule has 5 nitrogen and oxygen atoms in total. The van der Waals surface area contributed by atoms with E-state index >= 15 is 0 Å². The van der Waals surface area contributed by atoms with Crippen LogP contribution < -0.4 is 0 Å². The van der Waals surface area contributed by atoms with Gasteiger partial charge in [0.2, 0.25) is 11.8 Å². The second-order valence-corrected chi connectivity index (χ2v) is 8.38. The average molecular weight is 381 g/mol. The summed E-state index contributed by atoms with van der Waals surface area (Å²) >= 11 is 0. The number of allylic oxidation sites excluding steroid dienone is 1. The number of benzene rings is 1. The molecule has 6 heteroatoms. The van der Waals surface area contributed by atoms with E-state index < -0.39 is 7.12 Å². The van der Waals surface area contributed by atoms with E-state index in [1.54, 1.807) is 0 Å². The Morgan fingerprint density at radius 2 is 1.93 bits per heavy atom. The summed E-state index contributed by atoms with van der Waals surface area (Å²) in [5, 5.41) is 10.3. The van der Waals surface area contributed by atoms with Crippen molar-refractivity contribution in [2.75, 3.05) is 0 Å². The molecule has 0 spiro atoms. The number of hydrogen-bond acceptors (Lipinski definition) is 4. The molecule has 2 saturated heterocycles. The van der Waals surface area contributed by atoms with Crippen LogP contribution in [0.3, 0.4) is 0 Å². The number of carbonyl (C=O) groups is 2. The maximum Gasteiger partial charge on any atom is 0.455 e. The Morgan fingerprint density at radius 1 is 1.18 bits per heavy atom. The summed E-state index contributed by atoms with van der Waals surface area (Å²) in [4.78, 5) is 27.8. The molecular weight excluding hydrogens is 353 g/mol. The van der Waals surface area contributed by atoms with Crippen LogP contribution in [-0.4, -0.2) is 35.0 Å². The maximum absolute atomic E-state index is 13.3. The average Bonchev–Trinajstić information content (AvgIpc) is 2.91. The largest absolute Gasteiger partial charge is 0.455 e. The number of amides is 2. The first-order valence-corrected chi connectivity index (χ1v) is 10.4. The molecule has 0 radical (unpaired) electrons. The molecule has 0 saturated carbocycles. The number of fused-ring (bicyclic) bond motifs is 3. The van der Waals surface area contributed by atoms with Crippen molar-refractivity contribution in [1.29, 1.82) is 0 Å². The van der Waals surface area contributed by atoms with Gasteiger partial charge in [-0.3, -0.25) is 14.5 Å². The van der Waals surface area contributed by atoms with Gasteiger partial charge in [-0.25, -0.2) is 0 Å². The van der Waals surface area contributed by atoms with Gasteiger partial charge in [-0.05, 0) is 43.1 Å². The predicted octanol–water partition coefficient (Wildman–Crippen LogP) is 3.19. The number of hydrogen-bond donors (Lipinski definition) is 1. The second kappa shape index (κ2) is 7.84. The fraction of sp³-hybridized carbons (Fsp3) is 0.545. The van der Waals surface area contributed by atoms with Crippen LogP contribution in [0.5, 0.6) is 0 Å². The van der Waals surface area contributed by atoms with Gasteiger partial charge < -0.3 is 9.68 Å². The number of carbonyl (C=O) groups excluding carboxylic acids is 2. The van der Waals surface area contributed by atoms with Crippen molar-refractivity contribution in [3.63, 3.8) is 0 Å². The maximum atomic E-state index is 13.3. The molecule has 148 valence electrons. The molecule has 4 atom stereocenters. The number of unbranched alkanes of at least 4 members (excludes halogenated alkanes) is 1. The molecule has 4 rings (SSSR count). The summed E-state index contributed by atoms with van der Waals surface area (Å²) in [5.74, 6) is -0.915. The predicted molar refractivity (Wildman–Crippen MR) is 107 cm³/mol. The molecule has 2 aliphatic heterocycles. The minimum absolute atomic E-state index is 0.0663. The number of likely N-dealkylation sites (tertiary alicyclic amines) is 1. The highest BCUT2D eigenvalue weighted by Crippen LogP contribution is 2.50. The van der Waals surface area contributed by atoms with Crippen LogP contribution in [-0.2, 0) is 20.8 Å². The number of rotatable bonds is 5. The quantitative estimate of drug-likeness (QED) is 0.483. The first-order valence-electron chi connectivity index (χ1n) is 10.4. The Balaban J connectivity index is 1.62. The Bertz CT molecular complexity index is 793. The Morgan fingerprint density at radius 3 is 2.64 bits per heavy atom. The van der Waals surface area contributed by atoms with Gasteiger partial charge in [-0.2, -0.15) is 0 Å². The molecule has 0 aromatic heterocycles. The smallest absolute Gasteiger partial charge is 0.427 e. The lowest BCUT2D eigenvalue weighted by Gasteiger charge is -2.42. The molecule has 2 amide bonds. The summed E-state index contributed by atoms with van der Waals surface area (Å²) in [6, 6.07) is 9.65. The monoisotopic (exact) mass is 381 g/mol. The van der Waals surface area contributed by atoms with E-state index in [1.807, 2.05) is 30.3 Å². The van der Waals surface area contributed by atoms with E-state index in [2.05, 4.69) is 13.8 Å². The van der Waals surface area contributed by atoms with Crippen LogP contribution in [0.1, 0.15) is 45.1 Å². The summed E-state index contributed by atoms with van der Waals surface area (Å²) in [6.07, 6.45) is 3.80. The highest BCUT2D eigenvalue weighted by atomic mass is 16.5. The van der Waals surface area contributed by atoms with Gasteiger partial charge in [-0.1, -0.05) is 55.7 Å². The minimum Gasteiger partial charge on any atom is -0.427 e. The molecule has 1 aromatic rings. The molecule has 28 heavy (non-hydrogen) atoms. The van der Waals surface area contributed by atoms with Gasteiger partial charge in [0.1, 0.15) is 0 Å². The lowest BCUT2D eigenvalue weighted by atomic mass is 9.59. The molecule has 1 aromatic carbocycles. The first kappa shape index (κ1) is 19.4. The third-order valence-corrected chi connectivity index (χ3v) is 6.55. The second-order valence-electron chi connectivity index (χ2n) is 8.38. The van der Waals surface area contributed by atoms with Crippen molar-refractivity contribution in [2.45, 2.75) is 58.5 Å². The van der Waals surface area contributed by atoms with Gasteiger partial charge in [0.15, 0.2) is 0 Å². The SMILES string of the molecule is CCCC[C@H]1OB(O)C[C@H]2C1=C(C)C[C@H]1C(=O)N(Cc3ccccc3)C(=O)[C@H]12. The fourth-order valence-electron chi connectivity index (χ4n) is 5.30. The minimum atomic E-state index is -0.867. The van der Waals surface area contributed by atoms with Crippen LogP contribution in [0.15, 0.2) is 41.5 Å². The fourth-order valence-corrected chi connectivity index (χ4v) is 5.30. The lowest BCUT2D eigenvalue weighted by Crippen LogP contribution is -2.45. The van der Waals surface area contributed by atoms with Crippen LogP contribution in [0.25, 0.3) is 0 Å². The zero-order valence-corrected chi connectivity index (χ0v) is 16.6. The first-order chi connectivity index (χ1) is 13.5. The van der Waals surface area contributed by atoms with Gasteiger partial charge in [0, 0.05) is 0 Å². The van der Waals surface area contributed by atoms with Gasteiger partial charge in [0.05, 0.1) is 24.5 Å². The Kier molecular flexibility index (Phi) is 5.43. The Labute approximate surface area is 166 Å². The van der Waals surface area contributed by atoms with Crippen LogP contribution in [0.4, 0.5) is 0 Å². The van der Waals surface area contributed by atoms with Crippen molar-refractivity contribution in [3.05, 3.63) is 47.0 Å². The van der Waals surface area contributed by atoms with E-state index in [-0.39, 0.29) is 35.7 Å². The van der Waals surface area contributed by atoms with E-state index in [1.165, 1.54) is 16.0 Å². The van der Waals surface area contributed by atoms with Crippen LogP contribution >= 0.6 is 0 Å². The van der Waals surface area contributed by atoms with E-state index in [0.717, 1.165) is 24.8 Å². The molecule has 1 aliphatic carbocycles. The summed E-state index contributed by atoms with van der Waals surface area (Å²) in [7, 11) is -0.867. The van der Waals surface area contributed by atoms with E-state index in [9.17, 15) is 14.6 Å². The lowest BCUT2D eigenvalue weighted by molar-refractivity contribution is -0.140. The summed E-state index contributed by atoms with van der Waals surface area (Å²) in [5.41, 5.74) is 3.30.